The summed E-state index contributed by atoms with van der Waals surface area (Å²) in [6.07, 6.45) is 0.428. The lowest BCUT2D eigenvalue weighted by molar-refractivity contribution is -0.124. The second-order valence-corrected chi connectivity index (χ2v) is 3.25. The minimum Gasteiger partial charge on any atom is -0.359 e. The molecule has 2 atom stereocenters. The predicted octanol–water partition coefficient (Wildman–Crippen LogP) is 0.984. The number of carbonyl (C=O) groups is 2. The first kappa shape index (κ1) is 11.1. The van der Waals surface area contributed by atoms with Crippen LogP contribution in [0.4, 0.5) is 0 Å². The van der Waals surface area contributed by atoms with E-state index in [-0.39, 0.29) is 23.5 Å². The molecule has 0 saturated heterocycles. The average molecular weight is 171 g/mol. The van der Waals surface area contributed by atoms with Crippen LogP contribution in [0.25, 0.3) is 0 Å². The van der Waals surface area contributed by atoms with Gasteiger partial charge in [0.25, 0.3) is 0 Å². The molecule has 0 aromatic rings. The monoisotopic (exact) mass is 171 g/mol. The summed E-state index contributed by atoms with van der Waals surface area (Å²) in [4.78, 5) is 21.9. The van der Waals surface area contributed by atoms with E-state index < -0.39 is 0 Å². The van der Waals surface area contributed by atoms with Gasteiger partial charge < -0.3 is 5.32 Å². The molecular formula is C9H17NO2. The Morgan fingerprint density at radius 1 is 1.33 bits per heavy atom. The quantitative estimate of drug-likeness (QED) is 0.685. The van der Waals surface area contributed by atoms with Crippen molar-refractivity contribution >= 4 is 11.7 Å². The number of hydrogen-bond donors (Lipinski definition) is 1. The fourth-order valence-corrected chi connectivity index (χ4v) is 0.972. The Morgan fingerprint density at radius 2 is 1.83 bits per heavy atom. The van der Waals surface area contributed by atoms with Crippen molar-refractivity contribution in [2.45, 2.75) is 27.2 Å². The molecule has 70 valence electrons. The highest BCUT2D eigenvalue weighted by atomic mass is 16.1. The Hall–Kier alpha value is -0.860. The maximum absolute atomic E-state index is 10.9. The van der Waals surface area contributed by atoms with Crippen LogP contribution >= 0.6 is 0 Å². The van der Waals surface area contributed by atoms with Crippen molar-refractivity contribution in [1.82, 2.24) is 5.32 Å². The molecule has 1 N–H and O–H groups in total. The molecule has 3 nitrogen and oxygen atoms in total. The molecule has 1 amide bonds. The van der Waals surface area contributed by atoms with Crippen LogP contribution < -0.4 is 5.32 Å². The minimum absolute atomic E-state index is 0.00407. The van der Waals surface area contributed by atoms with Crippen LogP contribution in [0.3, 0.4) is 0 Å². The van der Waals surface area contributed by atoms with Crippen LogP contribution in [-0.4, -0.2) is 18.7 Å². The van der Waals surface area contributed by atoms with Crippen LogP contribution in [0.5, 0.6) is 0 Å². The van der Waals surface area contributed by atoms with Crippen molar-refractivity contribution in [2.75, 3.05) is 7.05 Å². The summed E-state index contributed by atoms with van der Waals surface area (Å²) in [5, 5.41) is 2.54. The molecule has 2 unspecified atom stereocenters. The van der Waals surface area contributed by atoms with E-state index in [1.165, 1.54) is 0 Å². The fourth-order valence-electron chi connectivity index (χ4n) is 0.972. The summed E-state index contributed by atoms with van der Waals surface area (Å²) in [6, 6.07) is 0. The lowest BCUT2D eigenvalue weighted by Crippen LogP contribution is -2.25. The molecule has 0 aromatic carbocycles. The lowest BCUT2D eigenvalue weighted by Gasteiger charge is -2.15. The molecule has 0 bridgehead atoms. The predicted molar refractivity (Wildman–Crippen MR) is 47.7 cm³/mol. The van der Waals surface area contributed by atoms with E-state index >= 15 is 0 Å². The number of nitrogens with one attached hydrogen (secondary N) is 1. The molecule has 0 saturated carbocycles. The average Bonchev–Trinajstić information content (AvgIpc) is 2.02. The third-order valence-corrected chi connectivity index (χ3v) is 2.28. The summed E-state index contributed by atoms with van der Waals surface area (Å²) in [5.74, 6) is 0.242. The Balaban J connectivity index is 3.94. The molecule has 0 spiro atoms. The number of Topliss-reactive ketones (excluding diaryl/α,β-unsaturated/α-hetero) is 1. The standard InChI is InChI=1S/C9H17NO2/c1-6(5-9(12)10-4)7(2)8(3)11/h6-7H,5H2,1-4H3,(H,10,12). The summed E-state index contributed by atoms with van der Waals surface area (Å²) in [5.41, 5.74) is 0. The summed E-state index contributed by atoms with van der Waals surface area (Å²) >= 11 is 0. The van der Waals surface area contributed by atoms with Crippen molar-refractivity contribution < 1.29 is 9.59 Å². The molecule has 0 aromatic heterocycles. The summed E-state index contributed by atoms with van der Waals surface area (Å²) in [6.45, 7) is 5.34. The fraction of sp³-hybridized carbons (Fsp3) is 0.778. The summed E-state index contributed by atoms with van der Waals surface area (Å²) in [7, 11) is 1.60. The third kappa shape index (κ3) is 3.51. The Bertz CT molecular complexity index is 177. The second kappa shape index (κ2) is 4.91. The molecule has 12 heavy (non-hydrogen) atoms. The van der Waals surface area contributed by atoms with Gasteiger partial charge >= 0.3 is 0 Å². The lowest BCUT2D eigenvalue weighted by atomic mass is 9.90. The van der Waals surface area contributed by atoms with Gasteiger partial charge in [0.05, 0.1) is 0 Å². The molecule has 0 aliphatic rings. The first-order chi connectivity index (χ1) is 5.49. The van der Waals surface area contributed by atoms with Crippen molar-refractivity contribution in [2.24, 2.45) is 11.8 Å². The zero-order valence-corrected chi connectivity index (χ0v) is 8.18. The topological polar surface area (TPSA) is 46.2 Å². The Labute approximate surface area is 73.5 Å². The van der Waals surface area contributed by atoms with Gasteiger partial charge in [0.2, 0.25) is 5.91 Å². The first-order valence-corrected chi connectivity index (χ1v) is 4.20. The molecule has 0 aliphatic heterocycles. The molecule has 0 aliphatic carbocycles. The Kier molecular flexibility index (Phi) is 4.55. The molecular weight excluding hydrogens is 154 g/mol. The van der Waals surface area contributed by atoms with Gasteiger partial charge in [-0.1, -0.05) is 13.8 Å². The van der Waals surface area contributed by atoms with Gasteiger partial charge in [-0.3, -0.25) is 9.59 Å². The first-order valence-electron chi connectivity index (χ1n) is 4.20. The molecule has 3 heteroatoms. The maximum Gasteiger partial charge on any atom is 0.220 e. The minimum atomic E-state index is -0.0256. The highest BCUT2D eigenvalue weighted by molar-refractivity contribution is 5.80. The number of ketones is 1. The van der Waals surface area contributed by atoms with E-state index in [0.717, 1.165) is 0 Å². The van der Waals surface area contributed by atoms with Gasteiger partial charge in [0.1, 0.15) is 5.78 Å². The molecule has 0 fully saturated rings. The van der Waals surface area contributed by atoms with Crippen molar-refractivity contribution in [3.63, 3.8) is 0 Å². The Morgan fingerprint density at radius 3 is 2.17 bits per heavy atom. The van der Waals surface area contributed by atoms with Crippen molar-refractivity contribution in [1.29, 1.82) is 0 Å². The van der Waals surface area contributed by atoms with Crippen molar-refractivity contribution in [3.8, 4) is 0 Å². The molecule has 0 rings (SSSR count). The SMILES string of the molecule is CNC(=O)CC(C)C(C)C(C)=O. The number of amides is 1. The highest BCUT2D eigenvalue weighted by Gasteiger charge is 2.18. The van der Waals surface area contributed by atoms with Gasteiger partial charge in [-0.25, -0.2) is 0 Å². The van der Waals surface area contributed by atoms with E-state index in [2.05, 4.69) is 5.32 Å². The van der Waals surface area contributed by atoms with Gasteiger partial charge in [0.15, 0.2) is 0 Å². The second-order valence-electron chi connectivity index (χ2n) is 3.25. The maximum atomic E-state index is 10.9. The highest BCUT2D eigenvalue weighted by Crippen LogP contribution is 2.15. The van der Waals surface area contributed by atoms with Gasteiger partial charge in [-0.2, -0.15) is 0 Å². The summed E-state index contributed by atoms with van der Waals surface area (Å²) < 4.78 is 0. The van der Waals surface area contributed by atoms with Gasteiger partial charge in [-0.15, -0.1) is 0 Å². The van der Waals surface area contributed by atoms with Crippen LogP contribution in [0.1, 0.15) is 27.2 Å². The van der Waals surface area contributed by atoms with E-state index in [1.54, 1.807) is 14.0 Å². The normalized spacial score (nSPS) is 15.0. The van der Waals surface area contributed by atoms with Gasteiger partial charge in [-0.05, 0) is 12.8 Å². The zero-order chi connectivity index (χ0) is 9.72. The van der Waals surface area contributed by atoms with Crippen LogP contribution in [-0.2, 0) is 9.59 Å². The number of rotatable bonds is 4. The van der Waals surface area contributed by atoms with Crippen LogP contribution in [0.2, 0.25) is 0 Å². The molecule has 0 radical (unpaired) electrons. The smallest absolute Gasteiger partial charge is 0.220 e. The number of hydrogen-bond acceptors (Lipinski definition) is 2. The largest absolute Gasteiger partial charge is 0.359 e. The van der Waals surface area contributed by atoms with E-state index in [9.17, 15) is 9.59 Å². The zero-order valence-electron chi connectivity index (χ0n) is 8.18. The van der Waals surface area contributed by atoms with E-state index in [1.807, 2.05) is 13.8 Å². The van der Waals surface area contributed by atoms with Gasteiger partial charge in [0, 0.05) is 19.4 Å². The van der Waals surface area contributed by atoms with E-state index in [0.29, 0.717) is 6.42 Å². The van der Waals surface area contributed by atoms with Crippen LogP contribution in [0, 0.1) is 11.8 Å². The van der Waals surface area contributed by atoms with E-state index in [4.69, 9.17) is 0 Å². The third-order valence-electron chi connectivity index (χ3n) is 2.28. The van der Waals surface area contributed by atoms with Crippen LogP contribution in [0.15, 0.2) is 0 Å². The number of carbonyl (C=O) groups excluding carboxylic acids is 2. The molecule has 0 heterocycles. The van der Waals surface area contributed by atoms with Crippen molar-refractivity contribution in [3.05, 3.63) is 0 Å².